The van der Waals surface area contributed by atoms with Gasteiger partial charge in [-0.1, -0.05) is 30.3 Å². The number of carbonyl (C=O) groups excluding carboxylic acids is 2. The Labute approximate surface area is 163 Å². The summed E-state index contributed by atoms with van der Waals surface area (Å²) in [5.41, 5.74) is 0.0882. The number of nitrogens with zero attached hydrogens (tertiary/aromatic N) is 2. The molecule has 0 aliphatic carbocycles. The van der Waals surface area contributed by atoms with E-state index < -0.39 is 5.82 Å². The molecule has 0 aromatic heterocycles. The SMILES string of the molecule is CC(Sc1ccccc1)C(=O)N1CCCN(C(=O)c2ccccc2F)CC1. The average Bonchev–Trinajstić information content (AvgIpc) is 2.94. The topological polar surface area (TPSA) is 40.6 Å². The summed E-state index contributed by atoms with van der Waals surface area (Å²) in [5.74, 6) is -0.745. The molecule has 1 atom stereocenters. The Morgan fingerprint density at radius 3 is 2.30 bits per heavy atom. The van der Waals surface area contributed by atoms with Gasteiger partial charge in [0.05, 0.1) is 10.8 Å². The van der Waals surface area contributed by atoms with Gasteiger partial charge in [0.1, 0.15) is 5.82 Å². The molecular weight excluding hydrogens is 363 g/mol. The summed E-state index contributed by atoms with van der Waals surface area (Å²) < 4.78 is 13.9. The first kappa shape index (κ1) is 19.4. The molecule has 2 amide bonds. The highest BCUT2D eigenvalue weighted by Crippen LogP contribution is 2.24. The highest BCUT2D eigenvalue weighted by atomic mass is 32.2. The fourth-order valence-corrected chi connectivity index (χ4v) is 4.13. The number of amides is 2. The average molecular weight is 386 g/mol. The Hall–Kier alpha value is -2.34. The third-order valence-electron chi connectivity index (χ3n) is 4.60. The molecule has 142 valence electrons. The molecule has 3 rings (SSSR count). The van der Waals surface area contributed by atoms with E-state index in [0.29, 0.717) is 32.6 Å². The number of halogens is 1. The molecule has 2 aromatic carbocycles. The Morgan fingerprint density at radius 1 is 0.926 bits per heavy atom. The lowest BCUT2D eigenvalue weighted by atomic mass is 10.2. The second kappa shape index (κ2) is 9.04. The Bertz CT molecular complexity index is 800. The summed E-state index contributed by atoms with van der Waals surface area (Å²) in [6.45, 7) is 3.93. The maximum absolute atomic E-state index is 13.9. The van der Waals surface area contributed by atoms with Gasteiger partial charge in [-0.25, -0.2) is 4.39 Å². The first-order valence-corrected chi connectivity index (χ1v) is 9.98. The predicted octanol–water partition coefficient (Wildman–Crippen LogP) is 3.68. The minimum absolute atomic E-state index is 0.0732. The molecule has 1 aliphatic heterocycles. The number of carbonyl (C=O) groups is 2. The molecule has 6 heteroatoms. The number of thioether (sulfide) groups is 1. The summed E-state index contributed by atoms with van der Waals surface area (Å²) in [7, 11) is 0. The predicted molar refractivity (Wildman–Crippen MR) is 105 cm³/mol. The van der Waals surface area contributed by atoms with Gasteiger partial charge < -0.3 is 9.80 Å². The Kier molecular flexibility index (Phi) is 6.50. The van der Waals surface area contributed by atoms with Crippen molar-refractivity contribution in [3.63, 3.8) is 0 Å². The molecule has 1 saturated heterocycles. The molecule has 0 N–H and O–H groups in total. The van der Waals surface area contributed by atoms with Gasteiger partial charge in [0.25, 0.3) is 5.91 Å². The normalized spacial score (nSPS) is 15.9. The van der Waals surface area contributed by atoms with Crippen molar-refractivity contribution in [3.05, 3.63) is 66.0 Å². The molecule has 1 heterocycles. The summed E-state index contributed by atoms with van der Waals surface area (Å²) >= 11 is 1.54. The molecule has 0 radical (unpaired) electrons. The minimum atomic E-state index is -0.507. The van der Waals surface area contributed by atoms with Gasteiger partial charge in [-0.15, -0.1) is 11.8 Å². The molecule has 2 aromatic rings. The zero-order chi connectivity index (χ0) is 19.2. The largest absolute Gasteiger partial charge is 0.340 e. The molecule has 0 bridgehead atoms. The third kappa shape index (κ3) is 4.89. The number of hydrogen-bond donors (Lipinski definition) is 0. The fourth-order valence-electron chi connectivity index (χ4n) is 3.16. The molecule has 27 heavy (non-hydrogen) atoms. The van der Waals surface area contributed by atoms with E-state index in [1.54, 1.807) is 17.0 Å². The smallest absolute Gasteiger partial charge is 0.256 e. The standard InChI is InChI=1S/C21H23FN2O2S/c1-16(27-17-8-3-2-4-9-17)20(25)23-12-7-13-24(15-14-23)21(26)18-10-5-6-11-19(18)22/h2-6,8-11,16H,7,12-15H2,1H3. The van der Waals surface area contributed by atoms with Gasteiger partial charge >= 0.3 is 0 Å². The number of benzene rings is 2. The van der Waals surface area contributed by atoms with E-state index in [0.717, 1.165) is 4.90 Å². The summed E-state index contributed by atoms with van der Waals surface area (Å²) in [5, 5.41) is -0.193. The lowest BCUT2D eigenvalue weighted by Gasteiger charge is -2.24. The van der Waals surface area contributed by atoms with E-state index in [4.69, 9.17) is 0 Å². The second-order valence-electron chi connectivity index (χ2n) is 6.52. The van der Waals surface area contributed by atoms with Crippen molar-refractivity contribution in [2.24, 2.45) is 0 Å². The quantitative estimate of drug-likeness (QED) is 0.753. The van der Waals surface area contributed by atoms with Gasteiger partial charge in [0.2, 0.25) is 5.91 Å². The van der Waals surface area contributed by atoms with Crippen LogP contribution in [0.5, 0.6) is 0 Å². The minimum Gasteiger partial charge on any atom is -0.340 e. The van der Waals surface area contributed by atoms with Crippen LogP contribution in [0.4, 0.5) is 4.39 Å². The van der Waals surface area contributed by atoms with Crippen LogP contribution in [-0.4, -0.2) is 53.0 Å². The second-order valence-corrected chi connectivity index (χ2v) is 7.94. The van der Waals surface area contributed by atoms with Crippen molar-refractivity contribution < 1.29 is 14.0 Å². The lowest BCUT2D eigenvalue weighted by Crippen LogP contribution is -2.40. The molecule has 0 saturated carbocycles. The zero-order valence-corrected chi connectivity index (χ0v) is 16.1. The van der Waals surface area contributed by atoms with Crippen LogP contribution >= 0.6 is 11.8 Å². The Morgan fingerprint density at radius 2 is 1.56 bits per heavy atom. The van der Waals surface area contributed by atoms with Crippen molar-refractivity contribution in [1.29, 1.82) is 0 Å². The number of rotatable bonds is 4. The van der Waals surface area contributed by atoms with Crippen LogP contribution in [0.1, 0.15) is 23.7 Å². The van der Waals surface area contributed by atoms with Crippen LogP contribution in [0, 0.1) is 5.82 Å². The molecule has 1 unspecified atom stereocenters. The lowest BCUT2D eigenvalue weighted by molar-refractivity contribution is -0.130. The van der Waals surface area contributed by atoms with E-state index in [2.05, 4.69) is 0 Å². The van der Waals surface area contributed by atoms with Gasteiger partial charge in [0, 0.05) is 31.1 Å². The van der Waals surface area contributed by atoms with Gasteiger partial charge in [-0.3, -0.25) is 9.59 Å². The molecule has 0 spiro atoms. The van der Waals surface area contributed by atoms with Gasteiger partial charge in [0.15, 0.2) is 0 Å². The summed E-state index contributed by atoms with van der Waals surface area (Å²) in [6, 6.07) is 15.9. The van der Waals surface area contributed by atoms with Crippen molar-refractivity contribution in [2.75, 3.05) is 26.2 Å². The summed E-state index contributed by atoms with van der Waals surface area (Å²) in [4.78, 5) is 29.9. The van der Waals surface area contributed by atoms with E-state index in [-0.39, 0.29) is 22.6 Å². The summed E-state index contributed by atoms with van der Waals surface area (Å²) in [6.07, 6.45) is 0.689. The van der Waals surface area contributed by atoms with Crippen LogP contribution in [0.15, 0.2) is 59.5 Å². The van der Waals surface area contributed by atoms with Crippen LogP contribution in [0.2, 0.25) is 0 Å². The molecular formula is C21H23FN2O2S. The van der Waals surface area contributed by atoms with E-state index >= 15 is 0 Å². The van der Waals surface area contributed by atoms with Gasteiger partial charge in [-0.05, 0) is 37.6 Å². The van der Waals surface area contributed by atoms with Crippen molar-refractivity contribution >= 4 is 23.6 Å². The van der Waals surface area contributed by atoms with Crippen LogP contribution in [0.25, 0.3) is 0 Å². The van der Waals surface area contributed by atoms with E-state index in [1.165, 1.54) is 23.9 Å². The van der Waals surface area contributed by atoms with Gasteiger partial charge in [-0.2, -0.15) is 0 Å². The maximum Gasteiger partial charge on any atom is 0.256 e. The molecule has 1 fully saturated rings. The van der Waals surface area contributed by atoms with Crippen LogP contribution in [0.3, 0.4) is 0 Å². The fraction of sp³-hybridized carbons (Fsp3) is 0.333. The van der Waals surface area contributed by atoms with Crippen LogP contribution < -0.4 is 0 Å². The van der Waals surface area contributed by atoms with Crippen LogP contribution in [-0.2, 0) is 4.79 Å². The van der Waals surface area contributed by atoms with Crippen molar-refractivity contribution in [3.8, 4) is 0 Å². The third-order valence-corrected chi connectivity index (χ3v) is 5.70. The van der Waals surface area contributed by atoms with Crippen molar-refractivity contribution in [1.82, 2.24) is 9.80 Å². The highest BCUT2D eigenvalue weighted by molar-refractivity contribution is 8.00. The van der Waals surface area contributed by atoms with E-state index in [9.17, 15) is 14.0 Å². The first-order valence-electron chi connectivity index (χ1n) is 9.10. The zero-order valence-electron chi connectivity index (χ0n) is 15.3. The monoisotopic (exact) mass is 386 g/mol. The first-order chi connectivity index (χ1) is 13.1. The maximum atomic E-state index is 13.9. The highest BCUT2D eigenvalue weighted by Gasteiger charge is 2.26. The van der Waals surface area contributed by atoms with E-state index in [1.807, 2.05) is 42.2 Å². The molecule has 4 nitrogen and oxygen atoms in total. The van der Waals surface area contributed by atoms with Crippen molar-refractivity contribution in [2.45, 2.75) is 23.5 Å². The molecule has 1 aliphatic rings. The number of hydrogen-bond acceptors (Lipinski definition) is 3. The Balaban J connectivity index is 1.60.